The van der Waals surface area contributed by atoms with Crippen LogP contribution >= 0.6 is 0 Å². The van der Waals surface area contributed by atoms with Crippen LogP contribution in [0, 0.1) is 11.6 Å². The largest absolute Gasteiger partial charge is 0.326 e. The second-order valence-electron chi connectivity index (χ2n) is 9.28. The summed E-state index contributed by atoms with van der Waals surface area (Å²) in [5, 5.41) is 5.30. The molecular weight excluding hydrogens is 488 g/mol. The summed E-state index contributed by atoms with van der Waals surface area (Å²) in [5.41, 5.74) is 2.06. The Morgan fingerprint density at radius 3 is 2.24 bits per heavy atom. The zero-order chi connectivity index (χ0) is 27.1. The van der Waals surface area contributed by atoms with Crippen molar-refractivity contribution in [2.45, 2.75) is 44.4 Å². The molecule has 0 unspecified atom stereocenters. The zero-order valence-electron chi connectivity index (χ0n) is 20.9. The maximum Gasteiger partial charge on any atom is 0.243 e. The zero-order valence-corrected chi connectivity index (χ0v) is 20.9. The van der Waals surface area contributed by atoms with Gasteiger partial charge >= 0.3 is 0 Å². The predicted octanol–water partition coefficient (Wildman–Crippen LogP) is 4.23. The number of imide groups is 1. The minimum Gasteiger partial charge on any atom is -0.326 e. The van der Waals surface area contributed by atoms with Gasteiger partial charge in [0.2, 0.25) is 17.7 Å². The highest BCUT2D eigenvalue weighted by Gasteiger charge is 2.33. The van der Waals surface area contributed by atoms with Gasteiger partial charge in [0.25, 0.3) is 0 Å². The molecule has 3 atom stereocenters. The number of hydrogen-bond acceptors (Lipinski definition) is 4. The van der Waals surface area contributed by atoms with Crippen molar-refractivity contribution >= 4 is 17.7 Å². The van der Waals surface area contributed by atoms with Crippen LogP contribution in [0.4, 0.5) is 8.78 Å². The van der Waals surface area contributed by atoms with Gasteiger partial charge in [-0.05, 0) is 42.2 Å². The Bertz CT molecular complexity index is 1290. The van der Waals surface area contributed by atoms with Gasteiger partial charge in [0, 0.05) is 12.6 Å². The summed E-state index contributed by atoms with van der Waals surface area (Å²) in [7, 11) is 0. The number of nitrogens with one attached hydrogen (secondary N) is 2. The van der Waals surface area contributed by atoms with Crippen molar-refractivity contribution in [3.63, 3.8) is 0 Å². The van der Waals surface area contributed by atoms with Crippen LogP contribution < -0.4 is 10.6 Å². The molecule has 1 aliphatic heterocycles. The highest BCUT2D eigenvalue weighted by molar-refractivity contribution is 5.98. The van der Waals surface area contributed by atoms with Crippen molar-refractivity contribution in [2.24, 2.45) is 0 Å². The number of amides is 3. The van der Waals surface area contributed by atoms with E-state index in [0.29, 0.717) is 19.0 Å². The standard InChI is InChI=1S/C30H29F2N3O3/c1-20(29(37)34-28(36)17-22-15-24(31)18-25(32)16-22)33-26-13-8-14-27(23-11-6-3-7-12-23)35(30(26)38)19-21-9-4-2-5-10-21/h2-12,14-16,18,20,26-27,33H,13,17,19H2,1H3,(H,34,36,37)/t20-,26-,27+/m0/s1. The Labute approximate surface area is 220 Å². The molecule has 1 heterocycles. The molecule has 1 aliphatic rings. The molecular formula is C30H29F2N3O3. The van der Waals surface area contributed by atoms with E-state index in [-0.39, 0.29) is 23.9 Å². The van der Waals surface area contributed by atoms with Crippen molar-refractivity contribution in [3.8, 4) is 0 Å². The Hall–Kier alpha value is -4.17. The Kier molecular flexibility index (Phi) is 8.76. The van der Waals surface area contributed by atoms with Crippen LogP contribution in [0.5, 0.6) is 0 Å². The Balaban J connectivity index is 1.45. The number of carbonyl (C=O) groups is 3. The summed E-state index contributed by atoms with van der Waals surface area (Å²) < 4.78 is 26.8. The molecule has 196 valence electrons. The van der Waals surface area contributed by atoms with Gasteiger partial charge < -0.3 is 4.90 Å². The van der Waals surface area contributed by atoms with Gasteiger partial charge in [-0.15, -0.1) is 0 Å². The summed E-state index contributed by atoms with van der Waals surface area (Å²) in [6, 6.07) is 20.3. The topological polar surface area (TPSA) is 78.5 Å². The lowest BCUT2D eigenvalue weighted by atomic mass is 10.0. The van der Waals surface area contributed by atoms with Crippen molar-refractivity contribution in [3.05, 3.63) is 119 Å². The first-order chi connectivity index (χ1) is 18.3. The first-order valence-corrected chi connectivity index (χ1v) is 12.4. The lowest BCUT2D eigenvalue weighted by Gasteiger charge is -2.32. The molecule has 3 aromatic rings. The number of nitrogens with zero attached hydrogens (tertiary/aromatic N) is 1. The van der Waals surface area contributed by atoms with Crippen LogP contribution in [0.1, 0.15) is 36.1 Å². The molecule has 6 nitrogen and oxygen atoms in total. The summed E-state index contributed by atoms with van der Waals surface area (Å²) >= 11 is 0. The molecule has 0 spiro atoms. The van der Waals surface area contributed by atoms with Gasteiger partial charge in [0.05, 0.1) is 24.5 Å². The van der Waals surface area contributed by atoms with Gasteiger partial charge in [0.15, 0.2) is 0 Å². The number of carbonyl (C=O) groups excluding carboxylic acids is 3. The molecule has 2 N–H and O–H groups in total. The fourth-order valence-corrected chi connectivity index (χ4v) is 4.49. The average Bonchev–Trinajstić information content (AvgIpc) is 3.03. The number of hydrogen-bond donors (Lipinski definition) is 2. The first kappa shape index (κ1) is 26.9. The maximum atomic E-state index is 13.8. The molecule has 0 saturated carbocycles. The van der Waals surface area contributed by atoms with Crippen LogP contribution in [0.2, 0.25) is 0 Å². The maximum absolute atomic E-state index is 13.8. The summed E-state index contributed by atoms with van der Waals surface area (Å²) in [6.45, 7) is 1.94. The molecule has 0 fully saturated rings. The third-order valence-electron chi connectivity index (χ3n) is 6.34. The van der Waals surface area contributed by atoms with E-state index in [1.165, 1.54) is 0 Å². The van der Waals surface area contributed by atoms with Crippen LogP contribution in [0.15, 0.2) is 91.0 Å². The highest BCUT2D eigenvalue weighted by atomic mass is 19.1. The van der Waals surface area contributed by atoms with E-state index in [9.17, 15) is 23.2 Å². The molecule has 0 aromatic heterocycles. The van der Waals surface area contributed by atoms with E-state index in [1.54, 1.807) is 11.8 Å². The smallest absolute Gasteiger partial charge is 0.243 e. The second kappa shape index (κ2) is 12.4. The van der Waals surface area contributed by atoms with E-state index in [0.717, 1.165) is 23.3 Å². The minimum absolute atomic E-state index is 0.112. The molecule has 0 aliphatic carbocycles. The monoisotopic (exact) mass is 517 g/mol. The minimum atomic E-state index is -0.877. The third kappa shape index (κ3) is 6.98. The normalized spacial score (nSPS) is 18.1. The van der Waals surface area contributed by atoms with Crippen molar-refractivity contribution in [2.75, 3.05) is 0 Å². The quantitative estimate of drug-likeness (QED) is 0.439. The van der Waals surface area contributed by atoms with Gasteiger partial charge in [-0.1, -0.05) is 72.8 Å². The van der Waals surface area contributed by atoms with Crippen LogP contribution in [0.25, 0.3) is 0 Å². The van der Waals surface area contributed by atoms with Gasteiger partial charge in [-0.3, -0.25) is 25.0 Å². The van der Waals surface area contributed by atoms with E-state index in [1.807, 2.05) is 72.8 Å². The molecule has 8 heteroatoms. The van der Waals surface area contributed by atoms with E-state index in [2.05, 4.69) is 10.6 Å². The molecule has 38 heavy (non-hydrogen) atoms. The lowest BCUT2D eigenvalue weighted by molar-refractivity contribution is -0.136. The average molecular weight is 518 g/mol. The molecule has 4 rings (SSSR count). The van der Waals surface area contributed by atoms with Crippen molar-refractivity contribution < 1.29 is 23.2 Å². The number of halogens is 2. The van der Waals surface area contributed by atoms with E-state index >= 15 is 0 Å². The summed E-state index contributed by atoms with van der Waals surface area (Å²) in [5.74, 6) is -3.11. The highest BCUT2D eigenvalue weighted by Crippen LogP contribution is 2.28. The number of rotatable bonds is 8. The Morgan fingerprint density at radius 2 is 1.58 bits per heavy atom. The van der Waals surface area contributed by atoms with Gasteiger partial charge in [0.1, 0.15) is 11.6 Å². The lowest BCUT2D eigenvalue weighted by Crippen LogP contribution is -2.53. The third-order valence-corrected chi connectivity index (χ3v) is 6.34. The Morgan fingerprint density at radius 1 is 0.947 bits per heavy atom. The van der Waals surface area contributed by atoms with Crippen LogP contribution in [-0.4, -0.2) is 34.7 Å². The van der Waals surface area contributed by atoms with Crippen molar-refractivity contribution in [1.82, 2.24) is 15.5 Å². The van der Waals surface area contributed by atoms with Gasteiger partial charge in [-0.2, -0.15) is 0 Å². The van der Waals surface area contributed by atoms with Crippen LogP contribution in [0.3, 0.4) is 0 Å². The molecule has 3 aromatic carbocycles. The second-order valence-corrected chi connectivity index (χ2v) is 9.28. The number of benzene rings is 3. The predicted molar refractivity (Wildman–Crippen MR) is 140 cm³/mol. The fraction of sp³-hybridized carbons (Fsp3) is 0.233. The van der Waals surface area contributed by atoms with Crippen LogP contribution in [-0.2, 0) is 27.3 Å². The molecule has 0 saturated heterocycles. The summed E-state index contributed by atoms with van der Waals surface area (Å²) in [4.78, 5) is 40.6. The van der Waals surface area contributed by atoms with E-state index < -0.39 is 35.5 Å². The first-order valence-electron chi connectivity index (χ1n) is 12.4. The summed E-state index contributed by atoms with van der Waals surface area (Å²) in [6.07, 6.45) is 3.92. The van der Waals surface area contributed by atoms with E-state index in [4.69, 9.17) is 0 Å². The fourth-order valence-electron chi connectivity index (χ4n) is 4.49. The van der Waals surface area contributed by atoms with Crippen molar-refractivity contribution in [1.29, 1.82) is 0 Å². The molecule has 0 bridgehead atoms. The molecule has 3 amide bonds. The molecule has 0 radical (unpaired) electrons. The van der Waals surface area contributed by atoms with Gasteiger partial charge in [-0.25, -0.2) is 8.78 Å². The SMILES string of the molecule is C[C@H](N[C@H]1CC=C[C@H](c2ccccc2)N(Cc2ccccc2)C1=O)C(=O)NC(=O)Cc1cc(F)cc(F)c1.